The van der Waals surface area contributed by atoms with Gasteiger partial charge in [0.15, 0.2) is 0 Å². The maximum Gasteiger partial charge on any atom is 0.324 e. The van der Waals surface area contributed by atoms with Gasteiger partial charge in [0.25, 0.3) is 0 Å². The number of carboxylic acids is 1. The molecule has 17 heavy (non-hydrogen) atoms. The Hall–Kier alpha value is -1.14. The van der Waals surface area contributed by atoms with Crippen molar-refractivity contribution in [2.24, 2.45) is 0 Å². The fourth-order valence-corrected chi connectivity index (χ4v) is 2.29. The van der Waals surface area contributed by atoms with Gasteiger partial charge in [0.1, 0.15) is 10.6 Å². The first kappa shape index (κ1) is 13.9. The molecule has 0 amide bonds. The van der Waals surface area contributed by atoms with Crippen molar-refractivity contribution in [1.29, 1.82) is 0 Å². The molecule has 1 aromatic heterocycles. The Morgan fingerprint density at radius 1 is 1.59 bits per heavy atom. The van der Waals surface area contributed by atoms with Crippen molar-refractivity contribution < 1.29 is 9.90 Å². The lowest BCUT2D eigenvalue weighted by Crippen LogP contribution is -2.54. The highest BCUT2D eigenvalue weighted by molar-refractivity contribution is 7.99. The van der Waals surface area contributed by atoms with Crippen molar-refractivity contribution in [2.45, 2.75) is 37.4 Å². The highest BCUT2D eigenvalue weighted by Gasteiger charge is 2.33. The molecule has 2 N–H and O–H groups in total. The largest absolute Gasteiger partial charge is 0.480 e. The zero-order chi connectivity index (χ0) is 12.9. The van der Waals surface area contributed by atoms with Crippen molar-refractivity contribution in [3.63, 3.8) is 0 Å². The van der Waals surface area contributed by atoms with Gasteiger partial charge < -0.3 is 5.11 Å². The highest BCUT2D eigenvalue weighted by atomic mass is 32.2. The summed E-state index contributed by atoms with van der Waals surface area (Å²) in [4.78, 5) is 19.3. The SMILES string of the molecule is CC(C)NC(C)(CSc1cnccn1)C(=O)O. The highest BCUT2D eigenvalue weighted by Crippen LogP contribution is 2.20. The number of carboxylic acid groups (broad SMARTS) is 1. The molecule has 0 saturated heterocycles. The Bertz CT molecular complexity index is 372. The van der Waals surface area contributed by atoms with E-state index in [2.05, 4.69) is 15.3 Å². The summed E-state index contributed by atoms with van der Waals surface area (Å²) in [7, 11) is 0. The van der Waals surface area contributed by atoms with Crippen LogP contribution in [0.15, 0.2) is 23.6 Å². The van der Waals surface area contributed by atoms with E-state index in [-0.39, 0.29) is 6.04 Å². The number of nitrogens with one attached hydrogen (secondary N) is 1. The van der Waals surface area contributed by atoms with Crippen LogP contribution in [0.1, 0.15) is 20.8 Å². The number of aromatic nitrogens is 2. The average Bonchev–Trinajstić information content (AvgIpc) is 2.27. The Kier molecular flexibility index (Phi) is 4.89. The van der Waals surface area contributed by atoms with Gasteiger partial charge in [-0.2, -0.15) is 0 Å². The van der Waals surface area contributed by atoms with Gasteiger partial charge in [-0.3, -0.25) is 15.1 Å². The van der Waals surface area contributed by atoms with Gasteiger partial charge in [0.2, 0.25) is 0 Å². The molecule has 0 aliphatic carbocycles. The van der Waals surface area contributed by atoms with E-state index in [1.165, 1.54) is 11.8 Å². The van der Waals surface area contributed by atoms with Crippen molar-refractivity contribution in [2.75, 3.05) is 5.75 Å². The predicted octanol–water partition coefficient (Wildman–Crippen LogP) is 1.41. The third-order valence-corrected chi connectivity index (χ3v) is 3.36. The lowest BCUT2D eigenvalue weighted by atomic mass is 10.1. The minimum atomic E-state index is -0.962. The number of hydrogen-bond donors (Lipinski definition) is 2. The van der Waals surface area contributed by atoms with Gasteiger partial charge in [-0.05, 0) is 20.8 Å². The zero-order valence-electron chi connectivity index (χ0n) is 10.2. The predicted molar refractivity (Wildman–Crippen MR) is 67.1 cm³/mol. The fraction of sp³-hybridized carbons (Fsp3) is 0.545. The van der Waals surface area contributed by atoms with Crippen LogP contribution in [0.3, 0.4) is 0 Å². The molecular weight excluding hydrogens is 238 g/mol. The summed E-state index contributed by atoms with van der Waals surface area (Å²) in [5, 5.41) is 13.0. The molecule has 0 bridgehead atoms. The summed E-state index contributed by atoms with van der Waals surface area (Å²) in [6, 6.07) is 0.110. The van der Waals surface area contributed by atoms with E-state index in [1.807, 2.05) is 13.8 Å². The molecular formula is C11H17N3O2S. The van der Waals surface area contributed by atoms with Crippen LogP contribution in [-0.2, 0) is 4.79 Å². The number of nitrogens with zero attached hydrogens (tertiary/aromatic N) is 2. The summed E-state index contributed by atoms with van der Waals surface area (Å²) < 4.78 is 0. The Labute approximate surface area is 105 Å². The molecule has 0 aliphatic rings. The average molecular weight is 255 g/mol. The van der Waals surface area contributed by atoms with E-state index in [1.54, 1.807) is 25.5 Å². The smallest absolute Gasteiger partial charge is 0.324 e. The van der Waals surface area contributed by atoms with E-state index in [0.29, 0.717) is 5.75 Å². The molecule has 6 heteroatoms. The van der Waals surface area contributed by atoms with Crippen LogP contribution < -0.4 is 5.32 Å². The molecule has 1 unspecified atom stereocenters. The van der Waals surface area contributed by atoms with Crippen molar-refractivity contribution in [3.8, 4) is 0 Å². The van der Waals surface area contributed by atoms with Crippen molar-refractivity contribution in [3.05, 3.63) is 18.6 Å². The normalized spacial score (nSPS) is 14.6. The topological polar surface area (TPSA) is 75.1 Å². The Morgan fingerprint density at radius 2 is 2.29 bits per heavy atom. The minimum absolute atomic E-state index is 0.110. The summed E-state index contributed by atoms with van der Waals surface area (Å²) in [6.07, 6.45) is 4.81. The number of rotatable bonds is 6. The van der Waals surface area contributed by atoms with Crippen LogP contribution in [0.4, 0.5) is 0 Å². The molecule has 1 aromatic rings. The molecule has 1 rings (SSSR count). The van der Waals surface area contributed by atoms with Gasteiger partial charge in [-0.25, -0.2) is 4.98 Å². The standard InChI is InChI=1S/C11H17N3O2S/c1-8(2)14-11(3,10(15)16)7-17-9-6-12-4-5-13-9/h4-6,8,14H,7H2,1-3H3,(H,15,16). The van der Waals surface area contributed by atoms with Crippen LogP contribution in [0.2, 0.25) is 0 Å². The van der Waals surface area contributed by atoms with Crippen molar-refractivity contribution in [1.82, 2.24) is 15.3 Å². The molecule has 94 valence electrons. The van der Waals surface area contributed by atoms with Gasteiger partial charge in [0.05, 0.1) is 6.20 Å². The van der Waals surface area contributed by atoms with Crippen molar-refractivity contribution >= 4 is 17.7 Å². The molecule has 1 atom stereocenters. The van der Waals surface area contributed by atoms with Crippen LogP contribution in [0.25, 0.3) is 0 Å². The summed E-state index contributed by atoms with van der Waals surface area (Å²) in [5.74, 6) is -0.457. The van der Waals surface area contributed by atoms with E-state index in [9.17, 15) is 9.90 Å². The maximum atomic E-state index is 11.3. The number of hydrogen-bond acceptors (Lipinski definition) is 5. The lowest BCUT2D eigenvalue weighted by molar-refractivity contribution is -0.143. The van der Waals surface area contributed by atoms with E-state index in [0.717, 1.165) is 5.03 Å². The Morgan fingerprint density at radius 3 is 2.76 bits per heavy atom. The van der Waals surface area contributed by atoms with Crippen LogP contribution in [-0.4, -0.2) is 38.4 Å². The third kappa shape index (κ3) is 4.32. The first-order valence-corrected chi connectivity index (χ1v) is 6.32. The summed E-state index contributed by atoms with van der Waals surface area (Å²) in [5.41, 5.74) is -0.962. The first-order valence-electron chi connectivity index (χ1n) is 5.34. The monoisotopic (exact) mass is 255 g/mol. The van der Waals surface area contributed by atoms with E-state index >= 15 is 0 Å². The third-order valence-electron chi connectivity index (χ3n) is 2.13. The second-order valence-corrected chi connectivity index (χ2v) is 5.26. The van der Waals surface area contributed by atoms with Gasteiger partial charge >= 0.3 is 5.97 Å². The molecule has 0 aliphatic heterocycles. The molecule has 0 saturated carbocycles. The second-order valence-electron chi connectivity index (χ2n) is 4.27. The maximum absolute atomic E-state index is 11.3. The minimum Gasteiger partial charge on any atom is -0.480 e. The van der Waals surface area contributed by atoms with Crippen LogP contribution in [0, 0.1) is 0 Å². The summed E-state index contributed by atoms with van der Waals surface area (Å²) in [6.45, 7) is 5.53. The fourth-order valence-electron chi connectivity index (χ4n) is 1.38. The molecule has 1 heterocycles. The molecule has 0 aromatic carbocycles. The van der Waals surface area contributed by atoms with Crippen LogP contribution >= 0.6 is 11.8 Å². The molecule has 0 radical (unpaired) electrons. The Balaban J connectivity index is 2.65. The van der Waals surface area contributed by atoms with Gasteiger partial charge in [-0.1, -0.05) is 0 Å². The van der Waals surface area contributed by atoms with E-state index < -0.39 is 11.5 Å². The van der Waals surface area contributed by atoms with Crippen LogP contribution in [0.5, 0.6) is 0 Å². The van der Waals surface area contributed by atoms with E-state index in [4.69, 9.17) is 0 Å². The molecule has 0 spiro atoms. The number of thioether (sulfide) groups is 1. The quantitative estimate of drug-likeness (QED) is 0.749. The molecule has 0 fully saturated rings. The first-order chi connectivity index (χ1) is 7.94. The summed E-state index contributed by atoms with van der Waals surface area (Å²) >= 11 is 1.38. The van der Waals surface area contributed by atoms with Gasteiger partial charge in [0, 0.05) is 24.2 Å². The molecule has 5 nitrogen and oxygen atoms in total. The number of aliphatic carboxylic acids is 1. The zero-order valence-corrected chi connectivity index (χ0v) is 11.0. The number of carbonyl (C=O) groups is 1. The second kappa shape index (κ2) is 5.97. The van der Waals surface area contributed by atoms with Gasteiger partial charge in [-0.15, -0.1) is 11.8 Å². The lowest BCUT2D eigenvalue weighted by Gasteiger charge is -2.28.